The maximum Gasteiger partial charge on any atom is 0.410 e. The molecule has 1 aliphatic heterocycles. The number of nitrogens with zero attached hydrogens (tertiary/aromatic N) is 3. The first-order valence-corrected chi connectivity index (χ1v) is 8.77. The number of methoxy groups -OCH3 is 1. The molecule has 0 radical (unpaired) electrons. The molecule has 1 fully saturated rings. The highest BCUT2D eigenvalue weighted by Crippen LogP contribution is 2.33. The van der Waals surface area contributed by atoms with Gasteiger partial charge >= 0.3 is 6.09 Å². The fourth-order valence-electron chi connectivity index (χ4n) is 3.01. The second-order valence-electron chi connectivity index (χ2n) is 7.47. The molecule has 1 saturated heterocycles. The molecule has 3 rings (SSSR count). The van der Waals surface area contributed by atoms with E-state index in [0.717, 1.165) is 29.7 Å². The maximum absolute atomic E-state index is 12.5. The first-order valence-electron chi connectivity index (χ1n) is 8.77. The van der Waals surface area contributed by atoms with Crippen LogP contribution in [0, 0.1) is 6.92 Å². The van der Waals surface area contributed by atoms with E-state index in [4.69, 9.17) is 14.0 Å². The molecule has 1 amide bonds. The average Bonchev–Trinajstić information content (AvgIpc) is 3.22. The van der Waals surface area contributed by atoms with Gasteiger partial charge in [0.05, 0.1) is 13.2 Å². The van der Waals surface area contributed by atoms with Crippen LogP contribution in [0.4, 0.5) is 4.79 Å². The van der Waals surface area contributed by atoms with E-state index in [2.05, 4.69) is 10.1 Å². The lowest BCUT2D eigenvalue weighted by Crippen LogP contribution is -2.36. The van der Waals surface area contributed by atoms with Crippen molar-refractivity contribution in [3.05, 3.63) is 29.6 Å². The Morgan fingerprint density at radius 3 is 2.81 bits per heavy atom. The smallest absolute Gasteiger partial charge is 0.410 e. The van der Waals surface area contributed by atoms with Crippen LogP contribution in [0.1, 0.15) is 51.0 Å². The van der Waals surface area contributed by atoms with Crippen molar-refractivity contribution in [1.82, 2.24) is 15.0 Å². The summed E-state index contributed by atoms with van der Waals surface area (Å²) in [4.78, 5) is 18.7. The number of likely N-dealkylation sites (tertiary alicyclic amines) is 1. The number of aromatic nitrogens is 2. The van der Waals surface area contributed by atoms with Gasteiger partial charge in [-0.15, -0.1) is 0 Å². The summed E-state index contributed by atoms with van der Waals surface area (Å²) in [7, 11) is 1.62. The lowest BCUT2D eigenvalue weighted by atomic mass is 10.1. The number of carbonyl (C=O) groups excluding carboxylic acids is 1. The summed E-state index contributed by atoms with van der Waals surface area (Å²) in [5, 5.41) is 4.12. The molecule has 7 nitrogen and oxygen atoms in total. The van der Waals surface area contributed by atoms with Gasteiger partial charge in [0.25, 0.3) is 5.89 Å². The number of amides is 1. The Bertz CT molecular complexity index is 794. The summed E-state index contributed by atoms with van der Waals surface area (Å²) in [5.41, 5.74) is 1.30. The van der Waals surface area contributed by atoms with Crippen LogP contribution in [-0.4, -0.2) is 40.4 Å². The highest BCUT2D eigenvalue weighted by Gasteiger charge is 2.36. The third kappa shape index (κ3) is 3.81. The van der Waals surface area contributed by atoms with Crippen molar-refractivity contribution < 1.29 is 18.8 Å². The number of aryl methyl sites for hydroxylation is 1. The van der Waals surface area contributed by atoms with Gasteiger partial charge in [-0.1, -0.05) is 11.2 Å². The number of carbonyl (C=O) groups is 1. The van der Waals surface area contributed by atoms with E-state index in [1.165, 1.54) is 0 Å². The van der Waals surface area contributed by atoms with Gasteiger partial charge in [0.2, 0.25) is 0 Å². The van der Waals surface area contributed by atoms with E-state index in [0.29, 0.717) is 18.3 Å². The number of benzene rings is 1. The summed E-state index contributed by atoms with van der Waals surface area (Å²) < 4.78 is 16.2. The first kappa shape index (κ1) is 18.2. The zero-order chi connectivity index (χ0) is 18.9. The van der Waals surface area contributed by atoms with Gasteiger partial charge in [-0.25, -0.2) is 4.79 Å². The predicted molar refractivity (Wildman–Crippen MR) is 95.9 cm³/mol. The topological polar surface area (TPSA) is 77.7 Å². The molecule has 0 spiro atoms. The third-order valence-corrected chi connectivity index (χ3v) is 4.30. The quantitative estimate of drug-likeness (QED) is 0.820. The minimum absolute atomic E-state index is 0.228. The van der Waals surface area contributed by atoms with Crippen LogP contribution in [0.3, 0.4) is 0 Å². The number of hydrogen-bond donors (Lipinski definition) is 0. The Morgan fingerprint density at radius 2 is 2.12 bits per heavy atom. The normalized spacial score (nSPS) is 17.4. The zero-order valence-electron chi connectivity index (χ0n) is 15.9. The molecule has 1 aromatic heterocycles. The summed E-state index contributed by atoms with van der Waals surface area (Å²) in [6.45, 7) is 8.17. The largest absolute Gasteiger partial charge is 0.497 e. The van der Waals surface area contributed by atoms with Crippen molar-refractivity contribution >= 4 is 6.09 Å². The van der Waals surface area contributed by atoms with Crippen LogP contribution in [-0.2, 0) is 4.74 Å². The Morgan fingerprint density at radius 1 is 1.35 bits per heavy atom. The molecule has 2 heterocycles. The van der Waals surface area contributed by atoms with Gasteiger partial charge < -0.3 is 14.0 Å². The Labute approximate surface area is 153 Å². The predicted octanol–water partition coefficient (Wildman–Crippen LogP) is 4.13. The Hall–Kier alpha value is -2.57. The molecule has 2 aromatic rings. The minimum Gasteiger partial charge on any atom is -0.497 e. The van der Waals surface area contributed by atoms with Crippen LogP contribution >= 0.6 is 0 Å². The summed E-state index contributed by atoms with van der Waals surface area (Å²) in [5.74, 6) is 1.65. The zero-order valence-corrected chi connectivity index (χ0v) is 15.9. The van der Waals surface area contributed by atoms with Gasteiger partial charge in [-0.3, -0.25) is 4.90 Å². The van der Waals surface area contributed by atoms with Crippen LogP contribution in [0.15, 0.2) is 22.7 Å². The first-order chi connectivity index (χ1) is 12.3. The Balaban J connectivity index is 1.84. The maximum atomic E-state index is 12.5. The molecular weight excluding hydrogens is 334 g/mol. The molecule has 26 heavy (non-hydrogen) atoms. The number of hydrogen-bond acceptors (Lipinski definition) is 6. The highest BCUT2D eigenvalue weighted by molar-refractivity contribution is 5.69. The molecule has 7 heteroatoms. The van der Waals surface area contributed by atoms with E-state index in [1.807, 2.05) is 45.9 Å². The van der Waals surface area contributed by atoms with Gasteiger partial charge in [-0.2, -0.15) is 4.98 Å². The van der Waals surface area contributed by atoms with E-state index in [1.54, 1.807) is 12.0 Å². The van der Waals surface area contributed by atoms with Crippen molar-refractivity contribution in [2.45, 2.75) is 52.2 Å². The van der Waals surface area contributed by atoms with Crippen LogP contribution in [0.5, 0.6) is 5.75 Å². The molecule has 140 valence electrons. The van der Waals surface area contributed by atoms with Gasteiger partial charge in [-0.05, 0) is 58.2 Å². The number of rotatable bonds is 3. The molecule has 0 unspecified atom stereocenters. The number of ether oxygens (including phenoxy) is 2. The monoisotopic (exact) mass is 359 g/mol. The average molecular weight is 359 g/mol. The van der Waals surface area contributed by atoms with Crippen molar-refractivity contribution in [3.8, 4) is 17.2 Å². The van der Waals surface area contributed by atoms with Crippen LogP contribution < -0.4 is 4.74 Å². The molecule has 0 N–H and O–H groups in total. The summed E-state index contributed by atoms with van der Waals surface area (Å²) in [6.07, 6.45) is 1.32. The fourth-order valence-corrected chi connectivity index (χ4v) is 3.01. The van der Waals surface area contributed by atoms with Crippen molar-refractivity contribution in [2.24, 2.45) is 0 Å². The van der Waals surface area contributed by atoms with E-state index < -0.39 is 5.60 Å². The fraction of sp³-hybridized carbons (Fsp3) is 0.526. The van der Waals surface area contributed by atoms with Crippen LogP contribution in [0.2, 0.25) is 0 Å². The van der Waals surface area contributed by atoms with E-state index in [-0.39, 0.29) is 12.1 Å². The minimum atomic E-state index is -0.537. The molecule has 0 bridgehead atoms. The van der Waals surface area contributed by atoms with Crippen LogP contribution in [0.25, 0.3) is 11.5 Å². The van der Waals surface area contributed by atoms with Gasteiger partial charge in [0.1, 0.15) is 11.4 Å². The molecule has 0 aliphatic carbocycles. The lowest BCUT2D eigenvalue weighted by Gasteiger charge is -2.27. The molecule has 1 atom stereocenters. The third-order valence-electron chi connectivity index (χ3n) is 4.30. The van der Waals surface area contributed by atoms with Gasteiger partial charge in [0, 0.05) is 12.1 Å². The standard InChI is InChI=1S/C19H25N3O4/c1-12-8-9-13(24-5)11-14(12)17-20-16(21-26-17)15-7-6-10-22(15)18(23)25-19(2,3)4/h8-9,11,15H,6-7,10H2,1-5H3/t15-/m0/s1. The molecule has 0 saturated carbocycles. The lowest BCUT2D eigenvalue weighted by molar-refractivity contribution is 0.0217. The van der Waals surface area contributed by atoms with Crippen molar-refractivity contribution in [2.75, 3.05) is 13.7 Å². The van der Waals surface area contributed by atoms with Crippen molar-refractivity contribution in [3.63, 3.8) is 0 Å². The second-order valence-corrected chi connectivity index (χ2v) is 7.47. The van der Waals surface area contributed by atoms with Crippen molar-refractivity contribution in [1.29, 1.82) is 0 Å². The molecule has 1 aliphatic rings. The van der Waals surface area contributed by atoms with E-state index in [9.17, 15) is 4.79 Å². The molecule has 1 aromatic carbocycles. The SMILES string of the molecule is COc1ccc(C)c(-c2nc([C@@H]3CCCN3C(=O)OC(C)(C)C)no2)c1. The molecular formula is C19H25N3O4. The second kappa shape index (κ2) is 6.97. The summed E-state index contributed by atoms with van der Waals surface area (Å²) >= 11 is 0. The summed E-state index contributed by atoms with van der Waals surface area (Å²) in [6, 6.07) is 5.47. The van der Waals surface area contributed by atoms with E-state index >= 15 is 0 Å². The highest BCUT2D eigenvalue weighted by atomic mass is 16.6. The van der Waals surface area contributed by atoms with Gasteiger partial charge in [0.15, 0.2) is 5.82 Å². The Kier molecular flexibility index (Phi) is 4.89.